The smallest absolute Gasteiger partial charge is 0.262 e. The van der Waals surface area contributed by atoms with E-state index >= 15 is 0 Å². The minimum atomic E-state index is -3.99. The molecule has 0 bridgehead atoms. The highest BCUT2D eigenvalue weighted by molar-refractivity contribution is 9.10. The molecule has 21 heavy (non-hydrogen) atoms. The Morgan fingerprint density at radius 3 is 2.38 bits per heavy atom. The van der Waals surface area contributed by atoms with Crippen LogP contribution in [0.5, 0.6) is 0 Å². The molecule has 0 saturated heterocycles. The van der Waals surface area contributed by atoms with Crippen molar-refractivity contribution >= 4 is 31.6 Å². The van der Waals surface area contributed by atoms with Crippen molar-refractivity contribution in [2.45, 2.75) is 18.7 Å². The SMILES string of the molecule is Cc1cc(Br)c(F)cc1NS(=O)(=O)c1cc(F)ccc1C. The predicted molar refractivity (Wildman–Crippen MR) is 80.8 cm³/mol. The van der Waals surface area contributed by atoms with Gasteiger partial charge in [0.1, 0.15) is 11.6 Å². The molecule has 0 aliphatic heterocycles. The van der Waals surface area contributed by atoms with Gasteiger partial charge >= 0.3 is 0 Å². The largest absolute Gasteiger partial charge is 0.279 e. The number of halogens is 3. The van der Waals surface area contributed by atoms with Gasteiger partial charge in [0.2, 0.25) is 0 Å². The third-order valence-electron chi connectivity index (χ3n) is 2.95. The van der Waals surface area contributed by atoms with Crippen LogP contribution >= 0.6 is 15.9 Å². The van der Waals surface area contributed by atoms with Gasteiger partial charge in [0, 0.05) is 0 Å². The zero-order valence-electron chi connectivity index (χ0n) is 11.2. The van der Waals surface area contributed by atoms with E-state index in [-0.39, 0.29) is 15.1 Å². The van der Waals surface area contributed by atoms with Crippen LogP contribution in [0.2, 0.25) is 0 Å². The predicted octanol–water partition coefficient (Wildman–Crippen LogP) is 4.14. The maximum absolute atomic E-state index is 13.5. The van der Waals surface area contributed by atoms with Gasteiger partial charge in [-0.15, -0.1) is 0 Å². The fourth-order valence-electron chi connectivity index (χ4n) is 1.82. The molecule has 1 N–H and O–H groups in total. The third-order valence-corrected chi connectivity index (χ3v) is 5.07. The van der Waals surface area contributed by atoms with Crippen LogP contribution in [0.4, 0.5) is 14.5 Å². The van der Waals surface area contributed by atoms with E-state index in [4.69, 9.17) is 0 Å². The highest BCUT2D eigenvalue weighted by Crippen LogP contribution is 2.27. The number of nitrogens with one attached hydrogen (secondary N) is 1. The lowest BCUT2D eigenvalue weighted by molar-refractivity contribution is 0.594. The Bertz CT molecular complexity index is 807. The molecule has 0 aliphatic rings. The average molecular weight is 376 g/mol. The number of rotatable bonds is 3. The van der Waals surface area contributed by atoms with Gasteiger partial charge in [0.15, 0.2) is 0 Å². The summed E-state index contributed by atoms with van der Waals surface area (Å²) in [6, 6.07) is 6.03. The van der Waals surface area contributed by atoms with Crippen molar-refractivity contribution in [2.24, 2.45) is 0 Å². The number of sulfonamides is 1. The van der Waals surface area contributed by atoms with Gasteiger partial charge in [0.05, 0.1) is 15.1 Å². The molecule has 0 saturated carbocycles. The first-order valence-electron chi connectivity index (χ1n) is 5.95. The second kappa shape index (κ2) is 5.73. The normalized spacial score (nSPS) is 11.5. The Hall–Kier alpha value is -1.47. The highest BCUT2D eigenvalue weighted by atomic mass is 79.9. The van der Waals surface area contributed by atoms with Crippen LogP contribution in [0.1, 0.15) is 11.1 Å². The summed E-state index contributed by atoms with van der Waals surface area (Å²) < 4.78 is 53.9. The average Bonchev–Trinajstić information content (AvgIpc) is 2.38. The van der Waals surface area contributed by atoms with Crippen LogP contribution in [-0.4, -0.2) is 8.42 Å². The Kier molecular flexibility index (Phi) is 4.34. The second-order valence-corrected chi connectivity index (χ2v) is 7.10. The molecular formula is C14H12BrF2NO2S. The van der Waals surface area contributed by atoms with Crippen molar-refractivity contribution in [1.29, 1.82) is 0 Å². The molecule has 0 aliphatic carbocycles. The molecule has 7 heteroatoms. The molecule has 0 fully saturated rings. The summed E-state index contributed by atoms with van der Waals surface area (Å²) in [4.78, 5) is -0.176. The fourth-order valence-corrected chi connectivity index (χ4v) is 3.66. The topological polar surface area (TPSA) is 46.2 Å². The number of anilines is 1. The summed E-state index contributed by atoms with van der Waals surface area (Å²) >= 11 is 3.02. The summed E-state index contributed by atoms with van der Waals surface area (Å²) in [5, 5.41) is 0. The summed E-state index contributed by atoms with van der Waals surface area (Å²) in [6.07, 6.45) is 0. The lowest BCUT2D eigenvalue weighted by Gasteiger charge is -2.13. The lowest BCUT2D eigenvalue weighted by Crippen LogP contribution is -2.15. The zero-order chi connectivity index (χ0) is 15.8. The summed E-state index contributed by atoms with van der Waals surface area (Å²) in [7, 11) is -3.99. The van der Waals surface area contributed by atoms with Gasteiger partial charge in [-0.05, 0) is 65.2 Å². The van der Waals surface area contributed by atoms with Gasteiger partial charge in [-0.2, -0.15) is 0 Å². The van der Waals surface area contributed by atoms with Crippen molar-refractivity contribution in [1.82, 2.24) is 0 Å². The van der Waals surface area contributed by atoms with Crippen LogP contribution < -0.4 is 4.72 Å². The first-order valence-corrected chi connectivity index (χ1v) is 8.23. The Balaban J connectivity index is 2.47. The Morgan fingerprint density at radius 2 is 1.71 bits per heavy atom. The molecule has 0 aromatic heterocycles. The first kappa shape index (κ1) is 15.9. The van der Waals surface area contributed by atoms with Crippen molar-refractivity contribution in [2.75, 3.05) is 4.72 Å². The van der Waals surface area contributed by atoms with Crippen LogP contribution in [0.15, 0.2) is 39.7 Å². The first-order chi connectivity index (χ1) is 9.70. The lowest BCUT2D eigenvalue weighted by atomic mass is 10.2. The van der Waals surface area contributed by atoms with Crippen molar-refractivity contribution in [3.05, 3.63) is 57.6 Å². The summed E-state index contributed by atoms with van der Waals surface area (Å²) in [6.45, 7) is 3.20. The molecule has 2 aromatic rings. The number of hydrogen-bond donors (Lipinski definition) is 1. The molecule has 2 rings (SSSR count). The second-order valence-electron chi connectivity index (χ2n) is 4.60. The molecule has 0 spiro atoms. The van der Waals surface area contributed by atoms with E-state index in [0.29, 0.717) is 11.1 Å². The van der Waals surface area contributed by atoms with E-state index in [1.807, 2.05) is 0 Å². The van der Waals surface area contributed by atoms with Gasteiger partial charge < -0.3 is 0 Å². The number of hydrogen-bond acceptors (Lipinski definition) is 2. The van der Waals surface area contributed by atoms with E-state index in [2.05, 4.69) is 20.7 Å². The minimum Gasteiger partial charge on any atom is -0.279 e. The zero-order valence-corrected chi connectivity index (χ0v) is 13.6. The monoisotopic (exact) mass is 375 g/mol. The molecule has 2 aromatic carbocycles. The van der Waals surface area contributed by atoms with Gasteiger partial charge in [0.25, 0.3) is 10.0 Å². The molecule has 0 unspecified atom stereocenters. The highest BCUT2D eigenvalue weighted by Gasteiger charge is 2.19. The van der Waals surface area contributed by atoms with E-state index in [1.165, 1.54) is 18.2 Å². The van der Waals surface area contributed by atoms with E-state index in [9.17, 15) is 17.2 Å². The number of aryl methyl sites for hydroxylation is 2. The van der Waals surface area contributed by atoms with E-state index < -0.39 is 21.7 Å². The van der Waals surface area contributed by atoms with Crippen LogP contribution in [0.25, 0.3) is 0 Å². The van der Waals surface area contributed by atoms with Gasteiger partial charge in [-0.25, -0.2) is 17.2 Å². The molecular weight excluding hydrogens is 364 g/mol. The van der Waals surface area contributed by atoms with Gasteiger partial charge in [-0.1, -0.05) is 6.07 Å². The molecule has 0 heterocycles. The Morgan fingerprint density at radius 1 is 1.05 bits per heavy atom. The molecule has 0 amide bonds. The van der Waals surface area contributed by atoms with Crippen molar-refractivity contribution in [3.63, 3.8) is 0 Å². The molecule has 3 nitrogen and oxygen atoms in total. The summed E-state index contributed by atoms with van der Waals surface area (Å²) in [5.74, 6) is -1.24. The molecule has 112 valence electrons. The molecule has 0 radical (unpaired) electrons. The fraction of sp³-hybridized carbons (Fsp3) is 0.143. The Labute approximate surface area is 130 Å². The molecule has 0 atom stereocenters. The minimum absolute atomic E-state index is 0.111. The van der Waals surface area contributed by atoms with Gasteiger partial charge in [-0.3, -0.25) is 4.72 Å². The maximum atomic E-state index is 13.5. The quantitative estimate of drug-likeness (QED) is 0.875. The maximum Gasteiger partial charge on any atom is 0.262 e. The summed E-state index contributed by atoms with van der Waals surface area (Å²) in [5.41, 5.74) is 1.06. The standard InChI is InChI=1S/C14H12BrF2NO2S/c1-8-3-4-10(16)6-14(8)21(19,20)18-13-7-12(17)11(15)5-9(13)2/h3-7,18H,1-2H3. The van der Waals surface area contributed by atoms with Crippen molar-refractivity contribution in [3.8, 4) is 0 Å². The third kappa shape index (κ3) is 3.41. The van der Waals surface area contributed by atoms with Crippen LogP contribution in [-0.2, 0) is 10.0 Å². The van der Waals surface area contributed by atoms with E-state index in [1.54, 1.807) is 13.8 Å². The van der Waals surface area contributed by atoms with Crippen LogP contribution in [0.3, 0.4) is 0 Å². The number of benzene rings is 2. The van der Waals surface area contributed by atoms with E-state index in [0.717, 1.165) is 12.1 Å². The van der Waals surface area contributed by atoms with Crippen LogP contribution in [0, 0.1) is 25.5 Å². The van der Waals surface area contributed by atoms with Crippen molar-refractivity contribution < 1.29 is 17.2 Å².